The Balaban J connectivity index is 1.73. The molecule has 0 spiro atoms. The molecule has 2 heterocycles. The third-order valence-electron chi connectivity index (χ3n) is 4.61. The average molecular weight is 475 g/mol. The van der Waals surface area contributed by atoms with Crippen LogP contribution < -0.4 is 10.1 Å². The first-order chi connectivity index (χ1) is 15.2. The van der Waals surface area contributed by atoms with E-state index in [9.17, 15) is 4.79 Å². The average Bonchev–Trinajstić information content (AvgIpc) is 3.32. The van der Waals surface area contributed by atoms with E-state index < -0.39 is 0 Å². The number of anilines is 1. The monoisotopic (exact) mass is 474 g/mol. The molecule has 10 heteroatoms. The molecule has 1 aromatic carbocycles. The minimum Gasteiger partial charge on any atom is -0.482 e. The maximum Gasteiger partial charge on any atom is 0.236 e. The van der Waals surface area contributed by atoms with Gasteiger partial charge in [-0.2, -0.15) is 0 Å². The maximum atomic E-state index is 12.3. The summed E-state index contributed by atoms with van der Waals surface area (Å²) in [6.45, 7) is 13.2. The molecular weight excluding hydrogens is 444 g/mol. The van der Waals surface area contributed by atoms with Crippen molar-refractivity contribution in [3.8, 4) is 5.75 Å². The van der Waals surface area contributed by atoms with Crippen LogP contribution in [0.3, 0.4) is 0 Å². The van der Waals surface area contributed by atoms with Gasteiger partial charge in [-0.1, -0.05) is 69.0 Å². The van der Waals surface area contributed by atoms with Crippen LogP contribution in [0.5, 0.6) is 5.75 Å². The highest BCUT2D eigenvalue weighted by Crippen LogP contribution is 2.31. The summed E-state index contributed by atoms with van der Waals surface area (Å²) in [6, 6.07) is 8.08. The van der Waals surface area contributed by atoms with Crippen molar-refractivity contribution >= 4 is 34.1 Å². The van der Waals surface area contributed by atoms with Gasteiger partial charge in [0.2, 0.25) is 11.0 Å². The van der Waals surface area contributed by atoms with E-state index in [1.54, 1.807) is 0 Å². The molecule has 1 amide bonds. The zero-order chi connectivity index (χ0) is 23.3. The molecule has 1 N–H and O–H groups in total. The normalized spacial score (nSPS) is 12.4. The quantitative estimate of drug-likeness (QED) is 0.409. The molecule has 0 saturated carbocycles. The lowest BCUT2D eigenvalue weighted by atomic mass is 10.0. The Morgan fingerprint density at radius 1 is 1.12 bits per heavy atom. The lowest BCUT2D eigenvalue weighted by Gasteiger charge is -2.20. The van der Waals surface area contributed by atoms with Gasteiger partial charge in [-0.05, 0) is 37.3 Å². The summed E-state index contributed by atoms with van der Waals surface area (Å²) in [7, 11) is 0. The van der Waals surface area contributed by atoms with Crippen molar-refractivity contribution in [1.82, 2.24) is 25.0 Å². The number of benzene rings is 1. The van der Waals surface area contributed by atoms with Crippen molar-refractivity contribution in [2.45, 2.75) is 65.3 Å². The Morgan fingerprint density at radius 2 is 1.88 bits per heavy atom. The Labute approximate surface area is 197 Å². The van der Waals surface area contributed by atoms with Crippen LogP contribution >= 0.6 is 23.1 Å². The summed E-state index contributed by atoms with van der Waals surface area (Å²) in [4.78, 5) is 12.3. The van der Waals surface area contributed by atoms with E-state index in [0.29, 0.717) is 22.1 Å². The SMILES string of the molecule is Cc1nnc(NC(=O)CSc2nnc(C(C)Oc3ccccc3C(C)C)n2CC(C)C)s1. The van der Waals surface area contributed by atoms with E-state index in [0.717, 1.165) is 28.7 Å². The molecule has 1 atom stereocenters. The minimum atomic E-state index is -0.284. The van der Waals surface area contributed by atoms with Crippen molar-refractivity contribution < 1.29 is 9.53 Å². The maximum absolute atomic E-state index is 12.3. The number of thioether (sulfide) groups is 1. The molecule has 0 aliphatic rings. The molecule has 0 saturated heterocycles. The van der Waals surface area contributed by atoms with Gasteiger partial charge in [0.05, 0.1) is 5.75 Å². The fraction of sp³-hybridized carbons (Fsp3) is 0.500. The number of nitrogens with one attached hydrogen (secondary N) is 1. The summed E-state index contributed by atoms with van der Waals surface area (Å²) in [5.74, 6) is 2.41. The third kappa shape index (κ3) is 6.29. The molecule has 0 aliphatic carbocycles. The number of hydrogen-bond donors (Lipinski definition) is 1. The number of rotatable bonds is 10. The molecule has 32 heavy (non-hydrogen) atoms. The lowest BCUT2D eigenvalue weighted by Crippen LogP contribution is -2.17. The highest BCUT2D eigenvalue weighted by molar-refractivity contribution is 7.99. The third-order valence-corrected chi connectivity index (χ3v) is 6.33. The Morgan fingerprint density at radius 3 is 2.53 bits per heavy atom. The van der Waals surface area contributed by atoms with Crippen LogP contribution in [0, 0.1) is 12.8 Å². The van der Waals surface area contributed by atoms with Crippen molar-refractivity contribution in [1.29, 1.82) is 0 Å². The van der Waals surface area contributed by atoms with Gasteiger partial charge in [-0.25, -0.2) is 0 Å². The van der Waals surface area contributed by atoms with Gasteiger partial charge < -0.3 is 9.30 Å². The fourth-order valence-corrected chi connectivity index (χ4v) is 4.55. The summed E-state index contributed by atoms with van der Waals surface area (Å²) >= 11 is 2.70. The zero-order valence-corrected chi connectivity index (χ0v) is 21.0. The number of hydrogen-bond acceptors (Lipinski definition) is 8. The van der Waals surface area contributed by atoms with Crippen molar-refractivity contribution in [2.75, 3.05) is 11.1 Å². The summed E-state index contributed by atoms with van der Waals surface area (Å²) in [5.41, 5.74) is 1.16. The van der Waals surface area contributed by atoms with E-state index in [-0.39, 0.29) is 17.8 Å². The van der Waals surface area contributed by atoms with E-state index in [2.05, 4.69) is 64.0 Å². The van der Waals surface area contributed by atoms with Gasteiger partial charge in [0.1, 0.15) is 10.8 Å². The molecule has 8 nitrogen and oxygen atoms in total. The van der Waals surface area contributed by atoms with Gasteiger partial charge in [0.15, 0.2) is 17.1 Å². The van der Waals surface area contributed by atoms with Crippen LogP contribution in [0.1, 0.15) is 63.0 Å². The van der Waals surface area contributed by atoms with E-state index in [1.165, 1.54) is 23.1 Å². The molecule has 0 radical (unpaired) electrons. The van der Waals surface area contributed by atoms with Crippen molar-refractivity contribution in [3.63, 3.8) is 0 Å². The molecule has 2 aromatic heterocycles. The van der Waals surface area contributed by atoms with Gasteiger partial charge in [-0.3, -0.25) is 10.1 Å². The number of para-hydroxylation sites is 1. The number of ether oxygens (including phenoxy) is 1. The molecule has 0 aliphatic heterocycles. The predicted octanol–water partition coefficient (Wildman–Crippen LogP) is 5.09. The molecule has 0 fully saturated rings. The number of nitrogens with zero attached hydrogens (tertiary/aromatic N) is 5. The van der Waals surface area contributed by atoms with Gasteiger partial charge in [-0.15, -0.1) is 20.4 Å². The Kier molecular flexibility index (Phi) is 8.25. The number of carbonyl (C=O) groups excluding carboxylic acids is 1. The van der Waals surface area contributed by atoms with E-state index in [4.69, 9.17) is 4.74 Å². The smallest absolute Gasteiger partial charge is 0.236 e. The number of aryl methyl sites for hydroxylation is 1. The van der Waals surface area contributed by atoms with Gasteiger partial charge >= 0.3 is 0 Å². The van der Waals surface area contributed by atoms with E-state index in [1.807, 2.05) is 32.0 Å². The highest BCUT2D eigenvalue weighted by Gasteiger charge is 2.22. The van der Waals surface area contributed by atoms with Crippen LogP contribution in [-0.4, -0.2) is 36.6 Å². The number of amides is 1. The van der Waals surface area contributed by atoms with Gasteiger partial charge in [0, 0.05) is 6.54 Å². The second kappa shape index (κ2) is 10.9. The summed E-state index contributed by atoms with van der Waals surface area (Å²) in [5, 5.41) is 21.4. The fourth-order valence-electron chi connectivity index (χ4n) is 3.18. The Hall–Kier alpha value is -2.46. The van der Waals surface area contributed by atoms with Gasteiger partial charge in [0.25, 0.3) is 0 Å². The highest BCUT2D eigenvalue weighted by atomic mass is 32.2. The van der Waals surface area contributed by atoms with Crippen LogP contribution in [0.25, 0.3) is 0 Å². The topological polar surface area (TPSA) is 94.8 Å². The molecule has 3 rings (SSSR count). The molecule has 3 aromatic rings. The predicted molar refractivity (Wildman–Crippen MR) is 128 cm³/mol. The van der Waals surface area contributed by atoms with Crippen molar-refractivity contribution in [3.05, 3.63) is 40.7 Å². The second-order valence-corrected chi connectivity index (χ2v) is 10.4. The number of carbonyl (C=O) groups is 1. The van der Waals surface area contributed by atoms with E-state index >= 15 is 0 Å². The van der Waals surface area contributed by atoms with Crippen LogP contribution in [-0.2, 0) is 11.3 Å². The first-order valence-electron chi connectivity index (χ1n) is 10.7. The first-order valence-corrected chi connectivity index (χ1v) is 12.5. The first kappa shape index (κ1) is 24.2. The molecule has 0 bridgehead atoms. The van der Waals surface area contributed by atoms with Crippen LogP contribution in [0.15, 0.2) is 29.4 Å². The number of aromatic nitrogens is 5. The Bertz CT molecular complexity index is 1050. The largest absolute Gasteiger partial charge is 0.482 e. The molecular formula is C22H30N6O2S2. The standard InChI is InChI=1S/C22H30N6O2S2/c1-13(2)11-28-20(15(5)30-18-10-8-7-9-17(18)14(3)4)25-27-22(28)31-12-19(29)23-21-26-24-16(6)32-21/h7-10,13-15H,11-12H2,1-6H3,(H,23,26,29). The zero-order valence-electron chi connectivity index (χ0n) is 19.3. The summed E-state index contributed by atoms with van der Waals surface area (Å²) < 4.78 is 8.37. The molecule has 1 unspecified atom stereocenters. The van der Waals surface area contributed by atoms with Crippen LogP contribution in [0.2, 0.25) is 0 Å². The summed E-state index contributed by atoms with van der Waals surface area (Å²) in [6.07, 6.45) is -0.284. The second-order valence-electron chi connectivity index (χ2n) is 8.26. The van der Waals surface area contributed by atoms with Crippen LogP contribution in [0.4, 0.5) is 5.13 Å². The lowest BCUT2D eigenvalue weighted by molar-refractivity contribution is -0.113. The molecule has 172 valence electrons. The minimum absolute atomic E-state index is 0.151. The van der Waals surface area contributed by atoms with Crippen molar-refractivity contribution in [2.24, 2.45) is 5.92 Å².